The third kappa shape index (κ3) is 2.35. The summed E-state index contributed by atoms with van der Waals surface area (Å²) < 4.78 is 5.13. The van der Waals surface area contributed by atoms with Crippen LogP contribution in [0.4, 0.5) is 0 Å². The van der Waals surface area contributed by atoms with Gasteiger partial charge in [0.05, 0.1) is 11.8 Å². The van der Waals surface area contributed by atoms with Crippen molar-refractivity contribution in [3.8, 4) is 0 Å². The van der Waals surface area contributed by atoms with Crippen LogP contribution in [0.15, 0.2) is 4.52 Å². The monoisotopic (exact) mass is 278 g/mol. The Balaban J connectivity index is 1.63. The Morgan fingerprint density at radius 1 is 1.35 bits per heavy atom. The Hall–Kier alpha value is -1.36. The predicted molar refractivity (Wildman–Crippen MR) is 73.2 cm³/mol. The second-order valence-corrected chi connectivity index (χ2v) is 6.11. The molecule has 2 atom stereocenters. The minimum atomic E-state index is -0.223. The van der Waals surface area contributed by atoms with Crippen LogP contribution in [0.2, 0.25) is 0 Å². The summed E-state index contributed by atoms with van der Waals surface area (Å²) in [5.41, 5.74) is 1.94. The normalized spacial score (nSPS) is 28.9. The van der Waals surface area contributed by atoms with Crippen molar-refractivity contribution in [2.75, 3.05) is 0 Å². The summed E-state index contributed by atoms with van der Waals surface area (Å²) in [5, 5.41) is 13.7. The molecule has 110 valence electrons. The van der Waals surface area contributed by atoms with Gasteiger partial charge in [0.1, 0.15) is 5.76 Å². The van der Waals surface area contributed by atoms with E-state index in [1.54, 1.807) is 0 Å². The van der Waals surface area contributed by atoms with E-state index in [1.165, 1.54) is 0 Å². The first kappa shape index (κ1) is 13.6. The van der Waals surface area contributed by atoms with Crippen LogP contribution >= 0.6 is 0 Å². The highest BCUT2D eigenvalue weighted by molar-refractivity contribution is 5.77. The zero-order valence-corrected chi connectivity index (χ0v) is 12.1. The number of nitrogens with zero attached hydrogens (tertiary/aromatic N) is 2. The quantitative estimate of drug-likeness (QED) is 0.914. The average molecular weight is 278 g/mol. The van der Waals surface area contributed by atoms with Crippen LogP contribution in [-0.2, 0) is 11.2 Å². The van der Waals surface area contributed by atoms with Gasteiger partial charge in [0.25, 0.3) is 0 Å². The van der Waals surface area contributed by atoms with Crippen LogP contribution in [0.5, 0.6) is 0 Å². The van der Waals surface area contributed by atoms with Crippen molar-refractivity contribution in [1.82, 2.24) is 10.1 Å². The lowest BCUT2D eigenvalue weighted by Crippen LogP contribution is -2.48. The van der Waals surface area contributed by atoms with Crippen LogP contribution in [-0.4, -0.2) is 39.3 Å². The number of aryl methyl sites for hydroxylation is 2. The number of hydrogen-bond donors (Lipinski definition) is 1. The van der Waals surface area contributed by atoms with Gasteiger partial charge in [-0.3, -0.25) is 4.79 Å². The molecule has 20 heavy (non-hydrogen) atoms. The van der Waals surface area contributed by atoms with Crippen molar-refractivity contribution in [2.24, 2.45) is 0 Å². The molecule has 1 aromatic rings. The fourth-order valence-electron chi connectivity index (χ4n) is 3.78. The predicted octanol–water partition coefficient (Wildman–Crippen LogP) is 1.74. The molecule has 1 N–H and O–H groups in total. The number of piperidine rings is 1. The fraction of sp³-hybridized carbons (Fsp3) is 0.733. The summed E-state index contributed by atoms with van der Waals surface area (Å²) in [7, 11) is 0. The SMILES string of the molecule is Cc1noc(C)c1CCC(=O)N1C2CCC1CC(O)C2. The van der Waals surface area contributed by atoms with Crippen LogP contribution in [0.25, 0.3) is 0 Å². The first-order valence-corrected chi connectivity index (χ1v) is 7.47. The van der Waals surface area contributed by atoms with Gasteiger partial charge in [-0.05, 0) is 46.0 Å². The standard InChI is InChI=1S/C15H22N2O3/c1-9-14(10(2)20-16-9)5-6-15(19)17-11-3-4-12(17)8-13(18)7-11/h11-13,18H,3-8H2,1-2H3. The first-order chi connectivity index (χ1) is 9.56. The molecule has 5 heteroatoms. The van der Waals surface area contributed by atoms with Gasteiger partial charge in [-0.15, -0.1) is 0 Å². The van der Waals surface area contributed by atoms with Crippen molar-refractivity contribution in [1.29, 1.82) is 0 Å². The second-order valence-electron chi connectivity index (χ2n) is 6.11. The molecule has 2 aliphatic heterocycles. The molecule has 2 saturated heterocycles. The van der Waals surface area contributed by atoms with Crippen molar-refractivity contribution in [3.05, 3.63) is 17.0 Å². The lowest BCUT2D eigenvalue weighted by molar-refractivity contribution is -0.137. The third-order valence-electron chi connectivity index (χ3n) is 4.77. The average Bonchev–Trinajstić information content (AvgIpc) is 2.86. The first-order valence-electron chi connectivity index (χ1n) is 7.47. The minimum Gasteiger partial charge on any atom is -0.393 e. The van der Waals surface area contributed by atoms with Gasteiger partial charge >= 0.3 is 0 Å². The van der Waals surface area contributed by atoms with E-state index in [-0.39, 0.29) is 24.1 Å². The van der Waals surface area contributed by atoms with Crippen LogP contribution in [0, 0.1) is 13.8 Å². The summed E-state index contributed by atoms with van der Waals surface area (Å²) in [5.74, 6) is 1.02. The summed E-state index contributed by atoms with van der Waals surface area (Å²) in [6.07, 6.45) is 4.54. The molecule has 5 nitrogen and oxygen atoms in total. The number of hydrogen-bond acceptors (Lipinski definition) is 4. The van der Waals surface area contributed by atoms with Gasteiger partial charge in [0.15, 0.2) is 0 Å². The van der Waals surface area contributed by atoms with E-state index in [0.717, 1.165) is 42.7 Å². The second kappa shape index (κ2) is 5.20. The highest BCUT2D eigenvalue weighted by Gasteiger charge is 2.42. The molecule has 2 aliphatic rings. The summed E-state index contributed by atoms with van der Waals surface area (Å²) in [6.45, 7) is 3.80. The van der Waals surface area contributed by atoms with Crippen molar-refractivity contribution >= 4 is 5.91 Å². The number of rotatable bonds is 3. The van der Waals surface area contributed by atoms with E-state index in [9.17, 15) is 9.90 Å². The highest BCUT2D eigenvalue weighted by atomic mass is 16.5. The van der Waals surface area contributed by atoms with E-state index < -0.39 is 0 Å². The Bertz CT molecular complexity index is 478. The molecule has 1 aromatic heterocycles. The molecule has 1 amide bonds. The molecule has 0 aromatic carbocycles. The Morgan fingerprint density at radius 2 is 2.00 bits per heavy atom. The molecular formula is C15H22N2O3. The summed E-state index contributed by atoms with van der Waals surface area (Å²) in [6, 6.07) is 0.502. The minimum absolute atomic E-state index is 0.212. The zero-order valence-electron chi connectivity index (χ0n) is 12.1. The lowest BCUT2D eigenvalue weighted by atomic mass is 9.98. The molecule has 2 fully saturated rings. The van der Waals surface area contributed by atoms with Gasteiger partial charge in [0.2, 0.25) is 5.91 Å². The van der Waals surface area contributed by atoms with Crippen LogP contribution < -0.4 is 0 Å². The maximum absolute atomic E-state index is 12.5. The van der Waals surface area contributed by atoms with E-state index >= 15 is 0 Å². The molecule has 0 radical (unpaired) electrons. The molecule has 0 saturated carbocycles. The number of aliphatic hydroxyl groups is 1. The van der Waals surface area contributed by atoms with E-state index in [2.05, 4.69) is 5.16 Å². The van der Waals surface area contributed by atoms with E-state index in [4.69, 9.17) is 4.52 Å². The highest BCUT2D eigenvalue weighted by Crippen LogP contribution is 2.36. The largest absolute Gasteiger partial charge is 0.393 e. The van der Waals surface area contributed by atoms with Gasteiger partial charge < -0.3 is 14.5 Å². The van der Waals surface area contributed by atoms with Crippen molar-refractivity contribution in [3.63, 3.8) is 0 Å². The number of carbonyl (C=O) groups excluding carboxylic acids is 1. The van der Waals surface area contributed by atoms with E-state index in [1.807, 2.05) is 18.7 Å². The Morgan fingerprint density at radius 3 is 2.55 bits per heavy atom. The summed E-state index contributed by atoms with van der Waals surface area (Å²) >= 11 is 0. The van der Waals surface area contributed by atoms with Gasteiger partial charge in [-0.1, -0.05) is 5.16 Å². The lowest BCUT2D eigenvalue weighted by Gasteiger charge is -2.37. The molecule has 3 rings (SSSR count). The third-order valence-corrected chi connectivity index (χ3v) is 4.77. The van der Waals surface area contributed by atoms with Crippen molar-refractivity contribution in [2.45, 2.75) is 70.6 Å². The number of carbonyl (C=O) groups is 1. The molecule has 0 aliphatic carbocycles. The molecular weight excluding hydrogens is 256 g/mol. The van der Waals surface area contributed by atoms with Crippen LogP contribution in [0.3, 0.4) is 0 Å². The molecule has 3 heterocycles. The van der Waals surface area contributed by atoms with Gasteiger partial charge in [0, 0.05) is 24.1 Å². The topological polar surface area (TPSA) is 66.6 Å². The number of fused-ring (bicyclic) bond motifs is 2. The van der Waals surface area contributed by atoms with Gasteiger partial charge in [-0.25, -0.2) is 0 Å². The Labute approximate surface area is 118 Å². The summed E-state index contributed by atoms with van der Waals surface area (Å²) in [4.78, 5) is 14.5. The Kier molecular flexibility index (Phi) is 3.54. The zero-order chi connectivity index (χ0) is 14.3. The fourth-order valence-corrected chi connectivity index (χ4v) is 3.78. The maximum atomic E-state index is 12.5. The smallest absolute Gasteiger partial charge is 0.223 e. The van der Waals surface area contributed by atoms with Gasteiger partial charge in [-0.2, -0.15) is 0 Å². The van der Waals surface area contributed by atoms with E-state index in [0.29, 0.717) is 12.8 Å². The molecule has 2 bridgehead atoms. The number of aliphatic hydroxyl groups excluding tert-OH is 1. The molecule has 0 spiro atoms. The van der Waals surface area contributed by atoms with Crippen LogP contribution in [0.1, 0.15) is 49.1 Å². The maximum Gasteiger partial charge on any atom is 0.223 e. The number of amides is 1. The number of aromatic nitrogens is 1. The molecule has 2 unspecified atom stereocenters. The van der Waals surface area contributed by atoms with Crippen molar-refractivity contribution < 1.29 is 14.4 Å².